The van der Waals surface area contributed by atoms with E-state index in [9.17, 15) is 9.59 Å². The first-order chi connectivity index (χ1) is 15.2. The Kier molecular flexibility index (Phi) is 10.3. The Morgan fingerprint density at radius 1 is 0.485 bits per heavy atom. The standard InChI is InChI=1S/C27H24N2O2.2BrH/c30-26(22-8-3-1-4-9-22)24-12-18-28(19-13-24)16-7-17-29-20-14-25(15-21-29)27(31)23-10-5-2-6-11-23;;/h1-6,8-15,18-21H,7,16-17H2;2*1H/q+2;;/p-2. The van der Waals surface area contributed by atoms with Crippen molar-refractivity contribution < 1.29 is 52.7 Å². The highest BCUT2D eigenvalue weighted by atomic mass is 79.9. The van der Waals surface area contributed by atoms with Gasteiger partial charge in [0, 0.05) is 46.5 Å². The Morgan fingerprint density at radius 2 is 0.788 bits per heavy atom. The summed E-state index contributed by atoms with van der Waals surface area (Å²) in [6.07, 6.45) is 8.73. The van der Waals surface area contributed by atoms with E-state index >= 15 is 0 Å². The van der Waals surface area contributed by atoms with Gasteiger partial charge in [-0.25, -0.2) is 9.13 Å². The number of carbonyl (C=O) groups is 2. The topological polar surface area (TPSA) is 41.9 Å². The quantitative estimate of drug-likeness (QED) is 0.180. The van der Waals surface area contributed by atoms with E-state index in [0.29, 0.717) is 22.3 Å². The third-order valence-electron chi connectivity index (χ3n) is 5.21. The molecule has 2 aromatic heterocycles. The van der Waals surface area contributed by atoms with E-state index in [-0.39, 0.29) is 45.5 Å². The molecule has 33 heavy (non-hydrogen) atoms. The number of hydrogen-bond donors (Lipinski definition) is 0. The van der Waals surface area contributed by atoms with Gasteiger partial charge in [-0.1, -0.05) is 60.7 Å². The Bertz CT molecular complexity index is 1070. The average Bonchev–Trinajstić information content (AvgIpc) is 2.85. The molecule has 6 heteroatoms. The molecule has 0 aliphatic carbocycles. The maximum absolute atomic E-state index is 12.5. The van der Waals surface area contributed by atoms with Crippen molar-refractivity contribution in [3.63, 3.8) is 0 Å². The van der Waals surface area contributed by atoms with Crippen LogP contribution < -0.4 is 43.1 Å². The van der Waals surface area contributed by atoms with Gasteiger partial charge in [0.1, 0.15) is 0 Å². The summed E-state index contributed by atoms with van der Waals surface area (Å²) in [5.74, 6) is 0.0712. The van der Waals surface area contributed by atoms with Crippen molar-refractivity contribution in [2.24, 2.45) is 0 Å². The fourth-order valence-electron chi connectivity index (χ4n) is 3.46. The molecule has 0 saturated carbocycles. The molecule has 0 unspecified atom stereocenters. The molecule has 0 radical (unpaired) electrons. The Balaban J connectivity index is 0.00000193. The Morgan fingerprint density at radius 3 is 1.12 bits per heavy atom. The maximum atomic E-state index is 12.5. The summed E-state index contributed by atoms with van der Waals surface area (Å²) in [4.78, 5) is 25.0. The van der Waals surface area contributed by atoms with Crippen molar-refractivity contribution in [3.05, 3.63) is 132 Å². The van der Waals surface area contributed by atoms with Crippen LogP contribution in [0.15, 0.2) is 110 Å². The zero-order valence-corrected chi connectivity index (χ0v) is 21.2. The molecule has 2 aromatic carbocycles. The van der Waals surface area contributed by atoms with Crippen LogP contribution in [0.5, 0.6) is 0 Å². The van der Waals surface area contributed by atoms with Crippen LogP contribution in [-0.2, 0) is 13.1 Å². The van der Waals surface area contributed by atoms with E-state index in [1.54, 1.807) is 0 Å². The number of nitrogens with zero attached hydrogens (tertiary/aromatic N) is 2. The highest BCUT2D eigenvalue weighted by Crippen LogP contribution is 2.09. The molecule has 0 N–H and O–H groups in total. The highest BCUT2D eigenvalue weighted by molar-refractivity contribution is 6.09. The van der Waals surface area contributed by atoms with Gasteiger partial charge in [0.2, 0.25) is 0 Å². The Hall–Kier alpha value is -2.96. The van der Waals surface area contributed by atoms with Crippen LogP contribution in [0.4, 0.5) is 0 Å². The van der Waals surface area contributed by atoms with Gasteiger partial charge in [-0.3, -0.25) is 9.59 Å². The van der Waals surface area contributed by atoms with Gasteiger partial charge in [-0.15, -0.1) is 0 Å². The monoisotopic (exact) mass is 566 g/mol. The molecule has 2 heterocycles. The third kappa shape index (κ3) is 7.01. The van der Waals surface area contributed by atoms with Crippen molar-refractivity contribution in [3.8, 4) is 0 Å². The highest BCUT2D eigenvalue weighted by Gasteiger charge is 2.12. The molecule has 4 rings (SSSR count). The summed E-state index contributed by atoms with van der Waals surface area (Å²) < 4.78 is 4.16. The van der Waals surface area contributed by atoms with Gasteiger partial charge in [-0.05, 0) is 0 Å². The van der Waals surface area contributed by atoms with Crippen LogP contribution in [0, 0.1) is 0 Å². The van der Waals surface area contributed by atoms with E-state index in [2.05, 4.69) is 9.13 Å². The van der Waals surface area contributed by atoms with Crippen molar-refractivity contribution >= 4 is 11.6 Å². The molecular formula is C27H24Br2N2O2. The number of aromatic nitrogens is 2. The molecule has 0 aliphatic heterocycles. The minimum absolute atomic E-state index is 0. The molecular weight excluding hydrogens is 544 g/mol. The molecule has 0 aliphatic rings. The molecule has 0 amide bonds. The number of benzene rings is 2. The van der Waals surface area contributed by atoms with E-state index < -0.39 is 0 Å². The van der Waals surface area contributed by atoms with Crippen molar-refractivity contribution in [2.45, 2.75) is 19.5 Å². The van der Waals surface area contributed by atoms with Gasteiger partial charge in [0.15, 0.2) is 49.4 Å². The molecule has 0 bridgehead atoms. The van der Waals surface area contributed by atoms with Crippen LogP contribution in [0.1, 0.15) is 38.3 Å². The van der Waals surface area contributed by atoms with E-state index in [0.717, 1.165) is 19.5 Å². The van der Waals surface area contributed by atoms with Crippen LogP contribution in [0.25, 0.3) is 0 Å². The number of carbonyl (C=O) groups excluding carboxylic acids is 2. The molecule has 4 nitrogen and oxygen atoms in total. The second kappa shape index (κ2) is 12.9. The number of rotatable bonds is 8. The Labute approximate surface area is 215 Å². The predicted octanol–water partition coefficient (Wildman–Crippen LogP) is -2.18. The lowest BCUT2D eigenvalue weighted by atomic mass is 10.0. The van der Waals surface area contributed by atoms with Crippen LogP contribution in [0.3, 0.4) is 0 Å². The summed E-state index contributed by atoms with van der Waals surface area (Å²) in [7, 11) is 0. The summed E-state index contributed by atoms with van der Waals surface area (Å²) in [6.45, 7) is 1.69. The minimum atomic E-state index is 0. The number of pyridine rings is 2. The summed E-state index contributed by atoms with van der Waals surface area (Å²) >= 11 is 0. The van der Waals surface area contributed by atoms with Crippen molar-refractivity contribution in [2.75, 3.05) is 0 Å². The molecule has 0 saturated heterocycles. The zero-order valence-electron chi connectivity index (χ0n) is 18.0. The largest absolute Gasteiger partial charge is 1.00 e. The number of hydrogen-bond acceptors (Lipinski definition) is 2. The normalized spacial score (nSPS) is 9.94. The molecule has 0 fully saturated rings. The lowest BCUT2D eigenvalue weighted by Crippen LogP contribution is -3.00. The second-order valence-corrected chi connectivity index (χ2v) is 7.39. The summed E-state index contributed by atoms with van der Waals surface area (Å²) in [6, 6.07) is 26.1. The average molecular weight is 568 g/mol. The lowest BCUT2D eigenvalue weighted by molar-refractivity contribution is -0.726. The lowest BCUT2D eigenvalue weighted by Gasteiger charge is -2.02. The third-order valence-corrected chi connectivity index (χ3v) is 5.21. The first-order valence-electron chi connectivity index (χ1n) is 10.4. The number of halogens is 2. The number of ketones is 2. The maximum Gasteiger partial charge on any atom is 0.193 e. The van der Waals surface area contributed by atoms with Crippen LogP contribution >= 0.6 is 0 Å². The fourth-order valence-corrected chi connectivity index (χ4v) is 3.46. The smallest absolute Gasteiger partial charge is 0.193 e. The van der Waals surface area contributed by atoms with Crippen LogP contribution in [0.2, 0.25) is 0 Å². The first kappa shape index (κ1) is 26.3. The van der Waals surface area contributed by atoms with Gasteiger partial charge in [-0.2, -0.15) is 0 Å². The fraction of sp³-hybridized carbons (Fsp3) is 0.111. The summed E-state index contributed by atoms with van der Waals surface area (Å²) in [5, 5.41) is 0. The van der Waals surface area contributed by atoms with E-state index in [4.69, 9.17) is 0 Å². The molecule has 4 aromatic rings. The van der Waals surface area contributed by atoms with Crippen LogP contribution in [-0.4, -0.2) is 11.6 Å². The van der Waals surface area contributed by atoms with Crippen molar-refractivity contribution in [1.29, 1.82) is 0 Å². The van der Waals surface area contributed by atoms with Gasteiger partial charge < -0.3 is 34.0 Å². The van der Waals surface area contributed by atoms with Crippen molar-refractivity contribution in [1.82, 2.24) is 0 Å². The molecule has 0 atom stereocenters. The molecule has 168 valence electrons. The second-order valence-electron chi connectivity index (χ2n) is 7.39. The predicted molar refractivity (Wildman–Crippen MR) is 118 cm³/mol. The first-order valence-corrected chi connectivity index (χ1v) is 10.4. The van der Waals surface area contributed by atoms with E-state index in [1.807, 2.05) is 110 Å². The SMILES string of the molecule is O=C(c1ccccc1)c1cc[n+](CCC[n+]2ccc(C(=O)c3ccccc3)cc2)cc1.[Br-].[Br-]. The van der Waals surface area contributed by atoms with Gasteiger partial charge in [0.05, 0.1) is 6.42 Å². The minimum Gasteiger partial charge on any atom is -1.00 e. The van der Waals surface area contributed by atoms with E-state index in [1.165, 1.54) is 0 Å². The van der Waals surface area contributed by atoms with Gasteiger partial charge in [0.25, 0.3) is 0 Å². The molecule has 0 spiro atoms. The zero-order chi connectivity index (χ0) is 21.5. The number of aryl methyl sites for hydroxylation is 2. The van der Waals surface area contributed by atoms with Gasteiger partial charge >= 0.3 is 0 Å². The summed E-state index contributed by atoms with van der Waals surface area (Å²) in [5.41, 5.74) is 2.78.